The van der Waals surface area contributed by atoms with Crippen molar-refractivity contribution >= 4 is 17.9 Å². The van der Waals surface area contributed by atoms with Gasteiger partial charge in [-0.05, 0) is 32.6 Å². The molecule has 2 N–H and O–H groups in total. The molecule has 3 amide bonds. The van der Waals surface area contributed by atoms with E-state index in [4.69, 9.17) is 5.11 Å². The molecule has 0 aromatic rings. The van der Waals surface area contributed by atoms with E-state index in [9.17, 15) is 14.4 Å². The Morgan fingerprint density at radius 1 is 1.29 bits per heavy atom. The monoisotopic (exact) mass is 299 g/mol. The Balaban J connectivity index is 2.39. The summed E-state index contributed by atoms with van der Waals surface area (Å²) in [7, 11) is 1.60. The number of urea groups is 1. The molecule has 1 heterocycles. The fourth-order valence-corrected chi connectivity index (χ4v) is 2.47. The van der Waals surface area contributed by atoms with Gasteiger partial charge in [-0.1, -0.05) is 0 Å². The van der Waals surface area contributed by atoms with Crippen LogP contribution in [0.4, 0.5) is 4.79 Å². The predicted molar refractivity (Wildman–Crippen MR) is 77.9 cm³/mol. The summed E-state index contributed by atoms with van der Waals surface area (Å²) in [6.45, 7) is 4.87. The van der Waals surface area contributed by atoms with Crippen molar-refractivity contribution in [3.05, 3.63) is 0 Å². The fraction of sp³-hybridized carbons (Fsp3) is 0.786. The number of amides is 3. The van der Waals surface area contributed by atoms with Gasteiger partial charge in [0.05, 0.1) is 0 Å². The van der Waals surface area contributed by atoms with Gasteiger partial charge in [0.1, 0.15) is 6.54 Å². The number of carbonyl (C=O) groups is 3. The Labute approximate surface area is 125 Å². The largest absolute Gasteiger partial charge is 0.481 e. The second kappa shape index (κ2) is 7.85. The van der Waals surface area contributed by atoms with Crippen molar-refractivity contribution in [2.24, 2.45) is 5.92 Å². The molecule has 0 spiro atoms. The van der Waals surface area contributed by atoms with Crippen LogP contribution < -0.4 is 5.32 Å². The van der Waals surface area contributed by atoms with Crippen molar-refractivity contribution in [1.29, 1.82) is 0 Å². The zero-order chi connectivity index (χ0) is 16.0. The lowest BCUT2D eigenvalue weighted by Gasteiger charge is -2.34. The van der Waals surface area contributed by atoms with Gasteiger partial charge in [0, 0.05) is 32.6 Å². The average molecular weight is 299 g/mol. The van der Waals surface area contributed by atoms with Gasteiger partial charge in [-0.2, -0.15) is 0 Å². The highest BCUT2D eigenvalue weighted by molar-refractivity contribution is 5.84. The molecule has 7 heteroatoms. The van der Waals surface area contributed by atoms with Crippen molar-refractivity contribution in [2.75, 3.05) is 26.7 Å². The van der Waals surface area contributed by atoms with Crippen LogP contribution in [0.1, 0.15) is 33.1 Å². The molecule has 120 valence electrons. The molecule has 0 saturated carbocycles. The Morgan fingerprint density at radius 2 is 1.86 bits per heavy atom. The zero-order valence-electron chi connectivity index (χ0n) is 13.0. The minimum Gasteiger partial charge on any atom is -0.481 e. The third-order valence-electron chi connectivity index (χ3n) is 3.51. The summed E-state index contributed by atoms with van der Waals surface area (Å²) in [5.74, 6) is -0.829. The van der Waals surface area contributed by atoms with Crippen LogP contribution in [0.25, 0.3) is 0 Å². The van der Waals surface area contributed by atoms with Crippen LogP contribution in [0, 0.1) is 5.92 Å². The highest BCUT2D eigenvalue weighted by Crippen LogP contribution is 2.21. The number of nitrogens with one attached hydrogen (secondary N) is 1. The third kappa shape index (κ3) is 6.01. The van der Waals surface area contributed by atoms with Crippen molar-refractivity contribution < 1.29 is 19.5 Å². The van der Waals surface area contributed by atoms with Crippen molar-refractivity contribution in [3.63, 3.8) is 0 Å². The summed E-state index contributed by atoms with van der Waals surface area (Å²) in [5.41, 5.74) is 0. The molecule has 0 aliphatic carbocycles. The number of likely N-dealkylation sites (tertiary alicyclic amines) is 1. The van der Waals surface area contributed by atoms with Crippen LogP contribution >= 0.6 is 0 Å². The van der Waals surface area contributed by atoms with E-state index in [0.29, 0.717) is 25.9 Å². The minimum atomic E-state index is -0.790. The molecule has 1 rings (SSSR count). The van der Waals surface area contributed by atoms with E-state index in [1.165, 1.54) is 4.90 Å². The second-order valence-corrected chi connectivity index (χ2v) is 5.89. The molecule has 0 aromatic heterocycles. The third-order valence-corrected chi connectivity index (χ3v) is 3.51. The lowest BCUT2D eigenvalue weighted by molar-refractivity contribution is -0.138. The van der Waals surface area contributed by atoms with E-state index < -0.39 is 5.97 Å². The first-order valence-electron chi connectivity index (χ1n) is 7.30. The molecule has 0 atom stereocenters. The topological polar surface area (TPSA) is 90.0 Å². The smallest absolute Gasteiger partial charge is 0.320 e. The van der Waals surface area contributed by atoms with Crippen molar-refractivity contribution in [1.82, 2.24) is 15.1 Å². The lowest BCUT2D eigenvalue weighted by Crippen LogP contribution is -2.48. The zero-order valence-corrected chi connectivity index (χ0v) is 13.0. The molecule has 1 aliphatic rings. The Hall–Kier alpha value is -1.79. The number of aliphatic carboxylic acids is 1. The van der Waals surface area contributed by atoms with Crippen LogP contribution in [0.5, 0.6) is 0 Å². The average Bonchev–Trinajstić information content (AvgIpc) is 2.36. The molecule has 0 aromatic carbocycles. The Morgan fingerprint density at radius 3 is 2.33 bits per heavy atom. The van der Waals surface area contributed by atoms with Gasteiger partial charge in [-0.25, -0.2) is 4.79 Å². The number of carboxylic acids is 1. The molecule has 7 nitrogen and oxygen atoms in total. The molecule has 1 saturated heterocycles. The van der Waals surface area contributed by atoms with Crippen molar-refractivity contribution in [3.8, 4) is 0 Å². The van der Waals surface area contributed by atoms with Gasteiger partial charge in [0.2, 0.25) is 5.91 Å². The van der Waals surface area contributed by atoms with E-state index in [1.54, 1.807) is 11.9 Å². The summed E-state index contributed by atoms with van der Waals surface area (Å²) in [4.78, 5) is 37.6. The second-order valence-electron chi connectivity index (χ2n) is 5.89. The van der Waals surface area contributed by atoms with Crippen LogP contribution in [0.15, 0.2) is 0 Å². The number of nitrogens with zero attached hydrogens (tertiary/aromatic N) is 2. The van der Waals surface area contributed by atoms with Crippen LogP contribution in [-0.2, 0) is 9.59 Å². The number of carboxylic acid groups (broad SMARTS) is 1. The Kier molecular flexibility index (Phi) is 6.45. The number of rotatable bonds is 5. The molecule has 0 bridgehead atoms. The molecule has 0 radical (unpaired) electrons. The van der Waals surface area contributed by atoms with Gasteiger partial charge in [0.15, 0.2) is 0 Å². The summed E-state index contributed by atoms with van der Waals surface area (Å²) >= 11 is 0. The number of carbonyl (C=O) groups excluding carboxylic acids is 2. The first kappa shape index (κ1) is 17.3. The standard InChI is InChI=1S/C14H25N3O4/c1-10(2)15-12(18)9-16(3)14(21)17-6-4-11(5-7-17)8-13(19)20/h10-11H,4-9H2,1-3H3,(H,15,18)(H,19,20). The quantitative estimate of drug-likeness (QED) is 0.784. The number of hydrogen-bond donors (Lipinski definition) is 2. The van der Waals surface area contributed by atoms with Gasteiger partial charge in [0.25, 0.3) is 0 Å². The molecular weight excluding hydrogens is 274 g/mol. The van der Waals surface area contributed by atoms with E-state index in [-0.39, 0.29) is 36.9 Å². The summed E-state index contributed by atoms with van der Waals surface area (Å²) < 4.78 is 0. The maximum Gasteiger partial charge on any atom is 0.320 e. The maximum absolute atomic E-state index is 12.2. The first-order chi connectivity index (χ1) is 9.79. The number of likely N-dealkylation sites (N-methyl/N-ethyl adjacent to an activating group) is 1. The van der Waals surface area contributed by atoms with E-state index >= 15 is 0 Å². The van der Waals surface area contributed by atoms with Gasteiger partial charge in [-0.3, -0.25) is 9.59 Å². The molecule has 21 heavy (non-hydrogen) atoms. The highest BCUT2D eigenvalue weighted by Gasteiger charge is 2.26. The summed E-state index contributed by atoms with van der Waals surface area (Å²) in [6.07, 6.45) is 1.56. The van der Waals surface area contributed by atoms with Crippen LogP contribution in [0.2, 0.25) is 0 Å². The molecular formula is C14H25N3O4. The van der Waals surface area contributed by atoms with E-state index in [1.807, 2.05) is 13.8 Å². The SMILES string of the molecule is CC(C)NC(=O)CN(C)C(=O)N1CCC(CC(=O)O)CC1. The van der Waals surface area contributed by atoms with Gasteiger partial charge >= 0.3 is 12.0 Å². The van der Waals surface area contributed by atoms with E-state index in [2.05, 4.69) is 5.32 Å². The van der Waals surface area contributed by atoms with Gasteiger partial charge in [-0.15, -0.1) is 0 Å². The Bertz CT molecular complexity index is 390. The van der Waals surface area contributed by atoms with Crippen LogP contribution in [0.3, 0.4) is 0 Å². The number of piperidine rings is 1. The number of hydrogen-bond acceptors (Lipinski definition) is 3. The van der Waals surface area contributed by atoms with Crippen LogP contribution in [-0.4, -0.2) is 65.5 Å². The van der Waals surface area contributed by atoms with Crippen molar-refractivity contribution in [2.45, 2.75) is 39.2 Å². The van der Waals surface area contributed by atoms with Gasteiger partial charge < -0.3 is 20.2 Å². The van der Waals surface area contributed by atoms with E-state index in [0.717, 1.165) is 0 Å². The summed E-state index contributed by atoms with van der Waals surface area (Å²) in [5, 5.41) is 11.5. The fourth-order valence-electron chi connectivity index (χ4n) is 2.47. The summed E-state index contributed by atoms with van der Waals surface area (Å²) in [6, 6.07) is -0.129. The lowest BCUT2D eigenvalue weighted by atomic mass is 9.94. The predicted octanol–water partition coefficient (Wildman–Crippen LogP) is 0.750. The maximum atomic E-state index is 12.2. The molecule has 1 aliphatic heterocycles. The molecule has 1 fully saturated rings. The molecule has 0 unspecified atom stereocenters. The highest BCUT2D eigenvalue weighted by atomic mass is 16.4. The first-order valence-corrected chi connectivity index (χ1v) is 7.30. The minimum absolute atomic E-state index is 0.0338. The normalized spacial score (nSPS) is 15.9.